The van der Waals surface area contributed by atoms with E-state index in [0.717, 1.165) is 5.56 Å². The maximum Gasteiger partial charge on any atom is 0.320 e. The normalized spacial score (nSPS) is 10.2. The Morgan fingerprint density at radius 2 is 2.07 bits per heavy atom. The van der Waals surface area contributed by atoms with E-state index in [1.54, 1.807) is 55.1 Å². The topological polar surface area (TPSA) is 118 Å². The molecule has 3 rings (SSSR count). The lowest BCUT2D eigenvalue weighted by atomic mass is 10.1. The summed E-state index contributed by atoms with van der Waals surface area (Å²) < 4.78 is 11.2. The molecule has 0 unspecified atom stereocenters. The molecule has 0 aliphatic rings. The van der Waals surface area contributed by atoms with Crippen LogP contribution in [-0.2, 0) is 0 Å². The van der Waals surface area contributed by atoms with Crippen LogP contribution < -0.4 is 20.1 Å². The van der Waals surface area contributed by atoms with E-state index < -0.39 is 0 Å². The van der Waals surface area contributed by atoms with Crippen LogP contribution in [0.3, 0.4) is 0 Å². The molecule has 0 atom stereocenters. The van der Waals surface area contributed by atoms with Crippen LogP contribution in [0.25, 0.3) is 11.1 Å². The number of aromatic nitrogens is 3. The number of ether oxygens (including phenoxy) is 2. The third-order valence-electron chi connectivity index (χ3n) is 3.59. The minimum absolute atomic E-state index is 0.0871. The largest absolute Gasteiger partial charge is 0.475 e. The molecule has 0 bridgehead atoms. The predicted molar refractivity (Wildman–Crippen MR) is 102 cm³/mol. The quantitative estimate of drug-likeness (QED) is 0.575. The number of nitrogens with one attached hydrogen (secondary N) is 2. The van der Waals surface area contributed by atoms with E-state index in [0.29, 0.717) is 28.8 Å². The van der Waals surface area contributed by atoms with Gasteiger partial charge in [0.25, 0.3) is 0 Å². The zero-order chi connectivity index (χ0) is 19.8. The van der Waals surface area contributed by atoms with Crippen molar-refractivity contribution in [2.45, 2.75) is 0 Å². The predicted octanol–water partition coefficient (Wildman–Crippen LogP) is 2.45. The Balaban J connectivity index is 1.93. The molecule has 3 aromatic rings. The number of pyridine rings is 3. The molecule has 0 saturated carbocycles. The SMILES string of the molecule is CNC(=O)Nc1cc(Oc2cccnc2)c(-c2ccc(OCCO)nc2)cn1. The fraction of sp³-hybridized carbons (Fsp3) is 0.158. The van der Waals surface area contributed by atoms with Gasteiger partial charge < -0.3 is 19.9 Å². The third kappa shape index (κ3) is 4.92. The highest BCUT2D eigenvalue weighted by molar-refractivity contribution is 5.88. The molecule has 0 aliphatic heterocycles. The summed E-state index contributed by atoms with van der Waals surface area (Å²) in [6.07, 6.45) is 6.43. The van der Waals surface area contributed by atoms with Gasteiger partial charge in [-0.1, -0.05) is 0 Å². The second kappa shape index (κ2) is 9.28. The van der Waals surface area contributed by atoms with Gasteiger partial charge in [0.05, 0.1) is 12.8 Å². The van der Waals surface area contributed by atoms with Crippen LogP contribution in [0.5, 0.6) is 17.4 Å². The van der Waals surface area contributed by atoms with Gasteiger partial charge in [0.15, 0.2) is 0 Å². The third-order valence-corrected chi connectivity index (χ3v) is 3.59. The van der Waals surface area contributed by atoms with Crippen LogP contribution >= 0.6 is 0 Å². The van der Waals surface area contributed by atoms with E-state index in [-0.39, 0.29) is 19.2 Å². The van der Waals surface area contributed by atoms with Crippen molar-refractivity contribution in [1.29, 1.82) is 0 Å². The van der Waals surface area contributed by atoms with Crippen molar-refractivity contribution < 1.29 is 19.4 Å². The van der Waals surface area contributed by atoms with Gasteiger partial charge in [0, 0.05) is 48.9 Å². The molecule has 3 heterocycles. The van der Waals surface area contributed by atoms with Crippen LogP contribution in [0, 0.1) is 0 Å². The Morgan fingerprint density at radius 1 is 1.18 bits per heavy atom. The molecule has 0 spiro atoms. The van der Waals surface area contributed by atoms with Gasteiger partial charge in [0.1, 0.15) is 23.9 Å². The number of aliphatic hydroxyl groups excluding tert-OH is 1. The van der Waals surface area contributed by atoms with Crippen molar-refractivity contribution in [1.82, 2.24) is 20.3 Å². The van der Waals surface area contributed by atoms with E-state index in [9.17, 15) is 4.79 Å². The lowest BCUT2D eigenvalue weighted by Crippen LogP contribution is -2.24. The first-order valence-corrected chi connectivity index (χ1v) is 8.46. The summed E-state index contributed by atoms with van der Waals surface area (Å²) in [7, 11) is 1.52. The van der Waals surface area contributed by atoms with Crippen LogP contribution in [-0.4, -0.2) is 46.4 Å². The second-order valence-corrected chi connectivity index (χ2v) is 5.52. The maximum atomic E-state index is 11.6. The second-order valence-electron chi connectivity index (χ2n) is 5.52. The molecule has 0 aliphatic carbocycles. The summed E-state index contributed by atoms with van der Waals surface area (Å²) in [5.41, 5.74) is 1.42. The molecule has 9 nitrogen and oxygen atoms in total. The number of urea groups is 1. The molecular weight excluding hydrogens is 362 g/mol. The van der Waals surface area contributed by atoms with Crippen molar-refractivity contribution in [2.24, 2.45) is 0 Å². The average Bonchev–Trinajstić information content (AvgIpc) is 2.73. The molecule has 2 amide bonds. The summed E-state index contributed by atoms with van der Waals surface area (Å²) >= 11 is 0. The molecule has 28 heavy (non-hydrogen) atoms. The monoisotopic (exact) mass is 381 g/mol. The molecule has 0 aromatic carbocycles. The number of nitrogens with zero attached hydrogens (tertiary/aromatic N) is 3. The average molecular weight is 381 g/mol. The highest BCUT2D eigenvalue weighted by Gasteiger charge is 2.12. The molecular formula is C19H19N5O4. The number of hydrogen-bond acceptors (Lipinski definition) is 7. The van der Waals surface area contributed by atoms with Crippen molar-refractivity contribution in [3.05, 3.63) is 55.1 Å². The lowest BCUT2D eigenvalue weighted by molar-refractivity contribution is 0.196. The zero-order valence-corrected chi connectivity index (χ0v) is 15.1. The van der Waals surface area contributed by atoms with E-state index in [1.165, 1.54) is 7.05 Å². The molecule has 144 valence electrons. The fourth-order valence-corrected chi connectivity index (χ4v) is 2.29. The molecule has 3 N–H and O–H groups in total. The smallest absolute Gasteiger partial charge is 0.320 e. The lowest BCUT2D eigenvalue weighted by Gasteiger charge is -2.13. The number of carbonyl (C=O) groups excluding carboxylic acids is 1. The molecule has 0 saturated heterocycles. The van der Waals surface area contributed by atoms with Crippen molar-refractivity contribution >= 4 is 11.8 Å². The highest BCUT2D eigenvalue weighted by Crippen LogP contribution is 2.34. The van der Waals surface area contributed by atoms with Gasteiger partial charge in [0.2, 0.25) is 5.88 Å². The fourth-order valence-electron chi connectivity index (χ4n) is 2.29. The van der Waals surface area contributed by atoms with E-state index in [2.05, 4.69) is 25.6 Å². The van der Waals surface area contributed by atoms with Gasteiger partial charge in [-0.2, -0.15) is 0 Å². The first kappa shape index (κ1) is 19.1. The number of rotatable bonds is 7. The standard InChI is InChI=1S/C19H19N5O4/c1-20-19(26)24-17-9-16(28-14-3-2-6-21-11-14)15(12-22-17)13-4-5-18(23-10-13)27-8-7-25/h2-6,9-12,25H,7-8H2,1H3,(H2,20,22,24,26). The number of carbonyl (C=O) groups is 1. The summed E-state index contributed by atoms with van der Waals surface area (Å²) in [4.78, 5) is 24.1. The van der Waals surface area contributed by atoms with Crippen LogP contribution in [0.1, 0.15) is 0 Å². The van der Waals surface area contributed by atoms with E-state index in [1.807, 2.05) is 0 Å². The Morgan fingerprint density at radius 3 is 2.75 bits per heavy atom. The minimum Gasteiger partial charge on any atom is -0.475 e. The molecule has 3 aromatic heterocycles. The van der Waals surface area contributed by atoms with Gasteiger partial charge in [-0.05, 0) is 18.2 Å². The van der Waals surface area contributed by atoms with Crippen molar-refractivity contribution in [3.8, 4) is 28.5 Å². The first-order chi connectivity index (χ1) is 13.7. The van der Waals surface area contributed by atoms with Crippen LogP contribution in [0.15, 0.2) is 55.1 Å². The maximum absolute atomic E-state index is 11.6. The van der Waals surface area contributed by atoms with Crippen molar-refractivity contribution in [3.63, 3.8) is 0 Å². The number of anilines is 1. The Labute approximate surface area is 161 Å². The summed E-state index contributed by atoms with van der Waals surface area (Å²) in [5, 5.41) is 13.9. The van der Waals surface area contributed by atoms with E-state index >= 15 is 0 Å². The Bertz CT molecular complexity index is 919. The molecule has 0 fully saturated rings. The number of amides is 2. The first-order valence-electron chi connectivity index (χ1n) is 8.46. The molecule has 0 radical (unpaired) electrons. The Kier molecular flexibility index (Phi) is 6.32. The van der Waals surface area contributed by atoms with Gasteiger partial charge >= 0.3 is 6.03 Å². The number of hydrogen-bond donors (Lipinski definition) is 3. The summed E-state index contributed by atoms with van der Waals surface area (Å²) in [5.74, 6) is 1.74. The van der Waals surface area contributed by atoms with Gasteiger partial charge in [-0.3, -0.25) is 10.3 Å². The zero-order valence-electron chi connectivity index (χ0n) is 15.1. The number of aliphatic hydroxyl groups is 1. The van der Waals surface area contributed by atoms with E-state index in [4.69, 9.17) is 14.6 Å². The summed E-state index contributed by atoms with van der Waals surface area (Å²) in [6, 6.07) is 8.25. The van der Waals surface area contributed by atoms with Crippen molar-refractivity contribution in [2.75, 3.05) is 25.6 Å². The molecule has 9 heteroatoms. The Hall–Kier alpha value is -3.72. The van der Waals surface area contributed by atoms with Gasteiger partial charge in [-0.15, -0.1) is 0 Å². The van der Waals surface area contributed by atoms with Crippen LogP contribution in [0.2, 0.25) is 0 Å². The van der Waals surface area contributed by atoms with Gasteiger partial charge in [-0.25, -0.2) is 14.8 Å². The highest BCUT2D eigenvalue weighted by atomic mass is 16.5. The summed E-state index contributed by atoms with van der Waals surface area (Å²) in [6.45, 7) is 0.0827. The minimum atomic E-state index is -0.389. The van der Waals surface area contributed by atoms with Crippen LogP contribution in [0.4, 0.5) is 10.6 Å².